The van der Waals surface area contributed by atoms with Crippen molar-refractivity contribution in [3.63, 3.8) is 0 Å². The van der Waals surface area contributed by atoms with Gasteiger partial charge >= 0.3 is 5.97 Å². The molecule has 0 saturated heterocycles. The third-order valence-corrected chi connectivity index (χ3v) is 4.15. The van der Waals surface area contributed by atoms with Gasteiger partial charge in [-0.15, -0.1) is 0 Å². The van der Waals surface area contributed by atoms with Gasteiger partial charge in [0.1, 0.15) is 5.75 Å². The number of hydrogen-bond acceptors (Lipinski definition) is 2. The molecule has 25 heavy (non-hydrogen) atoms. The zero-order valence-electron chi connectivity index (χ0n) is 14.4. The van der Waals surface area contributed by atoms with E-state index in [0.717, 1.165) is 11.1 Å². The van der Waals surface area contributed by atoms with E-state index in [1.54, 1.807) is 13.0 Å². The zero-order chi connectivity index (χ0) is 17.6. The molecule has 3 aromatic rings. The Balaban J connectivity index is 1.75. The quantitative estimate of drug-likeness (QED) is 0.339. The minimum atomic E-state index is -0.317. The molecule has 0 unspecified atom stereocenters. The molecule has 0 spiro atoms. The number of carbonyl (C=O) groups is 1. The Morgan fingerprint density at radius 3 is 1.64 bits per heavy atom. The molecule has 0 radical (unpaired) electrons. The topological polar surface area (TPSA) is 26.3 Å². The number of carbonyl (C=O) groups excluding carboxylic acids is 1. The fourth-order valence-corrected chi connectivity index (χ4v) is 2.51. The zero-order valence-corrected chi connectivity index (χ0v) is 14.4. The van der Waals surface area contributed by atoms with Crippen LogP contribution in [0.4, 0.5) is 0 Å². The second kappa shape index (κ2) is 7.63. The normalized spacial score (nSPS) is 11.2. The molecule has 0 bridgehead atoms. The highest BCUT2D eigenvalue weighted by Gasteiger charge is 2.07. The molecule has 0 aliphatic heterocycles. The Labute approximate surface area is 148 Å². The van der Waals surface area contributed by atoms with Crippen molar-refractivity contribution in [1.82, 2.24) is 0 Å². The molecule has 0 saturated carbocycles. The van der Waals surface area contributed by atoms with Crippen molar-refractivity contribution in [2.75, 3.05) is 0 Å². The molecule has 2 nitrogen and oxygen atoms in total. The van der Waals surface area contributed by atoms with Crippen molar-refractivity contribution in [2.24, 2.45) is 0 Å². The van der Waals surface area contributed by atoms with Crippen LogP contribution in [0, 0.1) is 0 Å². The molecule has 0 fully saturated rings. The molecule has 2 heteroatoms. The van der Waals surface area contributed by atoms with Gasteiger partial charge in [0.2, 0.25) is 0 Å². The average Bonchev–Trinajstić information content (AvgIpc) is 2.68. The second-order valence-corrected chi connectivity index (χ2v) is 5.83. The predicted octanol–water partition coefficient (Wildman–Crippen LogP) is 5.89. The summed E-state index contributed by atoms with van der Waals surface area (Å²) in [5, 5.41) is 0. The van der Waals surface area contributed by atoms with Crippen LogP contribution in [0.5, 0.6) is 5.75 Å². The van der Waals surface area contributed by atoms with Crippen LogP contribution in [-0.4, -0.2) is 5.97 Å². The first-order valence-electron chi connectivity index (χ1n) is 8.28. The van der Waals surface area contributed by atoms with Gasteiger partial charge < -0.3 is 4.74 Å². The molecule has 0 heterocycles. The van der Waals surface area contributed by atoms with Crippen molar-refractivity contribution < 1.29 is 9.53 Å². The lowest BCUT2D eigenvalue weighted by molar-refractivity contribution is -0.130. The van der Waals surface area contributed by atoms with Gasteiger partial charge in [-0.3, -0.25) is 0 Å². The van der Waals surface area contributed by atoms with Gasteiger partial charge in [0, 0.05) is 5.57 Å². The fourth-order valence-electron chi connectivity index (χ4n) is 2.51. The van der Waals surface area contributed by atoms with Gasteiger partial charge in [0.15, 0.2) is 0 Å². The summed E-state index contributed by atoms with van der Waals surface area (Å²) < 4.78 is 5.33. The molecule has 0 aromatic heterocycles. The highest BCUT2D eigenvalue weighted by Crippen LogP contribution is 2.26. The molecule has 0 aliphatic carbocycles. The minimum Gasteiger partial charge on any atom is -0.423 e. The summed E-state index contributed by atoms with van der Waals surface area (Å²) >= 11 is 0. The molecule has 0 N–H and O–H groups in total. The predicted molar refractivity (Wildman–Crippen MR) is 102 cm³/mol. The van der Waals surface area contributed by atoms with E-state index in [9.17, 15) is 4.79 Å². The van der Waals surface area contributed by atoms with E-state index < -0.39 is 0 Å². The van der Waals surface area contributed by atoms with E-state index in [1.165, 1.54) is 11.1 Å². The lowest BCUT2D eigenvalue weighted by Crippen LogP contribution is -2.08. The van der Waals surface area contributed by atoms with E-state index in [-0.39, 0.29) is 5.97 Å². The molecule has 3 aromatic carbocycles. The maximum atomic E-state index is 11.8. The highest BCUT2D eigenvalue weighted by atomic mass is 16.5. The summed E-state index contributed by atoms with van der Waals surface area (Å²) in [6.07, 6.45) is 1.74. The number of esters is 1. The molecule has 3 rings (SSSR count). The molecule has 124 valence electrons. The Bertz CT molecular complexity index is 874. The van der Waals surface area contributed by atoms with Gasteiger partial charge in [0.25, 0.3) is 0 Å². The van der Waals surface area contributed by atoms with E-state index in [4.69, 9.17) is 4.74 Å². The van der Waals surface area contributed by atoms with Crippen LogP contribution in [0.3, 0.4) is 0 Å². The molecule has 0 amide bonds. The SMILES string of the molecule is C/C=C(\C)C(=O)Oc1ccc(-c2ccc(-c3ccccc3)cc2)cc1. The number of rotatable bonds is 4. The van der Waals surface area contributed by atoms with Crippen LogP contribution < -0.4 is 4.74 Å². The Hall–Kier alpha value is -3.13. The average molecular weight is 328 g/mol. The van der Waals surface area contributed by atoms with Crippen LogP contribution in [0.1, 0.15) is 13.8 Å². The van der Waals surface area contributed by atoms with Gasteiger partial charge in [-0.25, -0.2) is 4.79 Å². The number of hydrogen-bond donors (Lipinski definition) is 0. The van der Waals surface area contributed by atoms with Crippen LogP contribution in [0.25, 0.3) is 22.3 Å². The van der Waals surface area contributed by atoms with Gasteiger partial charge in [0.05, 0.1) is 0 Å². The summed E-state index contributed by atoms with van der Waals surface area (Å²) in [6, 6.07) is 26.3. The van der Waals surface area contributed by atoms with Gasteiger partial charge in [-0.2, -0.15) is 0 Å². The second-order valence-electron chi connectivity index (χ2n) is 5.83. The monoisotopic (exact) mass is 328 g/mol. The first kappa shape index (κ1) is 16.7. The maximum Gasteiger partial charge on any atom is 0.338 e. The Morgan fingerprint density at radius 2 is 1.16 bits per heavy atom. The van der Waals surface area contributed by atoms with Crippen molar-refractivity contribution in [2.45, 2.75) is 13.8 Å². The van der Waals surface area contributed by atoms with E-state index >= 15 is 0 Å². The lowest BCUT2D eigenvalue weighted by Gasteiger charge is -2.07. The number of allylic oxidation sites excluding steroid dienone is 1. The number of ether oxygens (including phenoxy) is 1. The van der Waals surface area contributed by atoms with Crippen LogP contribution >= 0.6 is 0 Å². The van der Waals surface area contributed by atoms with Crippen LogP contribution in [-0.2, 0) is 4.79 Å². The third-order valence-electron chi connectivity index (χ3n) is 4.15. The van der Waals surface area contributed by atoms with Crippen LogP contribution in [0.2, 0.25) is 0 Å². The molecular weight excluding hydrogens is 308 g/mol. The molecule has 0 atom stereocenters. The van der Waals surface area contributed by atoms with E-state index in [1.807, 2.05) is 49.4 Å². The summed E-state index contributed by atoms with van der Waals surface area (Å²) in [4.78, 5) is 11.8. The summed E-state index contributed by atoms with van der Waals surface area (Å²) in [5.41, 5.74) is 5.21. The largest absolute Gasteiger partial charge is 0.423 e. The fraction of sp³-hybridized carbons (Fsp3) is 0.0870. The maximum absolute atomic E-state index is 11.8. The van der Waals surface area contributed by atoms with Crippen molar-refractivity contribution in [3.05, 3.63) is 90.5 Å². The molecular formula is C23H20O2. The van der Waals surface area contributed by atoms with Crippen molar-refractivity contribution in [1.29, 1.82) is 0 Å². The summed E-state index contributed by atoms with van der Waals surface area (Å²) in [5.74, 6) is 0.235. The Kier molecular flexibility index (Phi) is 5.10. The standard InChI is InChI=1S/C23H20O2/c1-3-17(2)23(24)25-22-15-13-21(14-16-22)20-11-9-19(10-12-20)18-7-5-4-6-8-18/h3-16H,1-2H3/b17-3+. The van der Waals surface area contributed by atoms with Crippen LogP contribution in [0.15, 0.2) is 90.5 Å². The number of benzene rings is 3. The minimum absolute atomic E-state index is 0.317. The summed E-state index contributed by atoms with van der Waals surface area (Å²) in [6.45, 7) is 3.56. The van der Waals surface area contributed by atoms with E-state index in [2.05, 4.69) is 36.4 Å². The highest BCUT2D eigenvalue weighted by molar-refractivity contribution is 5.89. The Morgan fingerprint density at radius 1 is 0.720 bits per heavy atom. The first-order chi connectivity index (χ1) is 12.2. The van der Waals surface area contributed by atoms with Crippen molar-refractivity contribution >= 4 is 5.97 Å². The smallest absolute Gasteiger partial charge is 0.338 e. The first-order valence-corrected chi connectivity index (χ1v) is 8.28. The molecule has 0 aliphatic rings. The van der Waals surface area contributed by atoms with Crippen molar-refractivity contribution in [3.8, 4) is 28.0 Å². The summed E-state index contributed by atoms with van der Waals surface area (Å²) in [7, 11) is 0. The van der Waals surface area contributed by atoms with Gasteiger partial charge in [-0.1, -0.05) is 72.8 Å². The lowest BCUT2D eigenvalue weighted by atomic mass is 10.0. The van der Waals surface area contributed by atoms with E-state index in [0.29, 0.717) is 11.3 Å². The third kappa shape index (κ3) is 4.04. The van der Waals surface area contributed by atoms with Gasteiger partial charge in [-0.05, 0) is 48.2 Å².